The third-order valence-electron chi connectivity index (χ3n) is 2.80. The van der Waals surface area contributed by atoms with E-state index in [9.17, 15) is 5.11 Å². The van der Waals surface area contributed by atoms with Crippen molar-refractivity contribution in [3.05, 3.63) is 27.8 Å². The number of aryl methyl sites for hydroxylation is 1. The number of aliphatic hydroxyl groups is 1. The molecule has 4 heteroatoms. The van der Waals surface area contributed by atoms with Crippen molar-refractivity contribution in [2.75, 3.05) is 7.11 Å². The van der Waals surface area contributed by atoms with Gasteiger partial charge in [0.25, 0.3) is 0 Å². The van der Waals surface area contributed by atoms with Gasteiger partial charge in [0, 0.05) is 11.6 Å². The van der Waals surface area contributed by atoms with E-state index in [4.69, 9.17) is 22.1 Å². The summed E-state index contributed by atoms with van der Waals surface area (Å²) in [5.41, 5.74) is 8.37. The van der Waals surface area contributed by atoms with Crippen LogP contribution in [0.1, 0.15) is 29.7 Å². The lowest BCUT2D eigenvalue weighted by atomic mass is 9.95. The van der Waals surface area contributed by atoms with Crippen LogP contribution in [0.25, 0.3) is 0 Å². The minimum atomic E-state index is -0.771. The van der Waals surface area contributed by atoms with E-state index in [0.29, 0.717) is 16.3 Å². The van der Waals surface area contributed by atoms with Crippen LogP contribution in [0.5, 0.6) is 5.75 Å². The molecule has 0 saturated heterocycles. The maximum Gasteiger partial charge on any atom is 0.143 e. The summed E-state index contributed by atoms with van der Waals surface area (Å²) in [4.78, 5) is 0. The maximum atomic E-state index is 10.1. The summed E-state index contributed by atoms with van der Waals surface area (Å²) in [6.07, 6.45) is -0.771. The molecule has 0 aromatic heterocycles. The molecule has 0 aliphatic heterocycles. The van der Waals surface area contributed by atoms with Gasteiger partial charge in [-0.25, -0.2) is 0 Å². The molecule has 16 heavy (non-hydrogen) atoms. The highest BCUT2D eigenvalue weighted by atomic mass is 35.5. The van der Waals surface area contributed by atoms with Gasteiger partial charge in [0.1, 0.15) is 5.75 Å². The zero-order chi connectivity index (χ0) is 12.5. The van der Waals surface area contributed by atoms with Crippen LogP contribution in [0.4, 0.5) is 0 Å². The average molecular weight is 244 g/mol. The zero-order valence-electron chi connectivity index (χ0n) is 10.0. The first-order valence-electron chi connectivity index (χ1n) is 5.17. The summed E-state index contributed by atoms with van der Waals surface area (Å²) in [7, 11) is 1.54. The number of aliphatic hydroxyl groups excluding tert-OH is 1. The zero-order valence-corrected chi connectivity index (χ0v) is 10.8. The highest BCUT2D eigenvalue weighted by molar-refractivity contribution is 6.32. The second-order valence-electron chi connectivity index (χ2n) is 4.05. The smallest absolute Gasteiger partial charge is 0.143 e. The second-order valence-corrected chi connectivity index (χ2v) is 4.46. The van der Waals surface area contributed by atoms with Crippen LogP contribution in [-0.4, -0.2) is 18.3 Å². The molecule has 0 heterocycles. The Labute approximate surface area is 101 Å². The first-order chi connectivity index (χ1) is 7.40. The van der Waals surface area contributed by atoms with Crippen LogP contribution in [0.2, 0.25) is 5.02 Å². The minimum absolute atomic E-state index is 0.370. The van der Waals surface area contributed by atoms with Crippen molar-refractivity contribution in [3.63, 3.8) is 0 Å². The van der Waals surface area contributed by atoms with Gasteiger partial charge in [-0.1, -0.05) is 11.6 Å². The minimum Gasteiger partial charge on any atom is -0.495 e. The summed E-state index contributed by atoms with van der Waals surface area (Å²) >= 11 is 6.08. The monoisotopic (exact) mass is 243 g/mol. The van der Waals surface area contributed by atoms with E-state index in [1.54, 1.807) is 6.92 Å². The van der Waals surface area contributed by atoms with E-state index in [1.165, 1.54) is 7.11 Å². The quantitative estimate of drug-likeness (QED) is 0.857. The van der Waals surface area contributed by atoms with Gasteiger partial charge in [0.15, 0.2) is 0 Å². The molecule has 90 valence electrons. The van der Waals surface area contributed by atoms with Gasteiger partial charge in [-0.2, -0.15) is 0 Å². The van der Waals surface area contributed by atoms with Crippen molar-refractivity contribution < 1.29 is 9.84 Å². The van der Waals surface area contributed by atoms with Crippen LogP contribution in [0.15, 0.2) is 6.07 Å². The maximum absolute atomic E-state index is 10.1. The van der Waals surface area contributed by atoms with Crippen LogP contribution in [0, 0.1) is 13.8 Å². The van der Waals surface area contributed by atoms with E-state index < -0.39 is 6.10 Å². The molecule has 2 atom stereocenters. The van der Waals surface area contributed by atoms with Gasteiger partial charge >= 0.3 is 0 Å². The van der Waals surface area contributed by atoms with E-state index in [0.717, 1.165) is 11.1 Å². The van der Waals surface area contributed by atoms with Crippen molar-refractivity contribution in [1.82, 2.24) is 0 Å². The molecule has 0 amide bonds. The molecule has 0 fully saturated rings. The molecule has 3 N–H and O–H groups in total. The fourth-order valence-corrected chi connectivity index (χ4v) is 2.04. The molecular formula is C12H18ClNO2. The van der Waals surface area contributed by atoms with Gasteiger partial charge in [-0.15, -0.1) is 0 Å². The third kappa shape index (κ3) is 2.32. The van der Waals surface area contributed by atoms with Crippen LogP contribution in [0.3, 0.4) is 0 Å². The topological polar surface area (TPSA) is 55.5 Å². The SMILES string of the molecule is COc1c(Cl)cc(C)c(C)c1C(O)C(C)N. The Balaban J connectivity index is 3.44. The number of halogens is 1. The first kappa shape index (κ1) is 13.3. The molecular weight excluding hydrogens is 226 g/mol. The van der Waals surface area contributed by atoms with Gasteiger partial charge < -0.3 is 15.6 Å². The second kappa shape index (κ2) is 5.04. The summed E-state index contributed by atoms with van der Waals surface area (Å²) in [6.45, 7) is 5.62. The van der Waals surface area contributed by atoms with Gasteiger partial charge in [0.05, 0.1) is 18.2 Å². The molecule has 0 aliphatic carbocycles. The molecule has 0 spiro atoms. The van der Waals surface area contributed by atoms with Crippen molar-refractivity contribution in [2.24, 2.45) is 5.73 Å². The van der Waals surface area contributed by atoms with Gasteiger partial charge in [-0.3, -0.25) is 0 Å². The van der Waals surface area contributed by atoms with E-state index in [1.807, 2.05) is 19.9 Å². The molecule has 1 aromatic carbocycles. The fraction of sp³-hybridized carbons (Fsp3) is 0.500. The van der Waals surface area contributed by atoms with E-state index in [2.05, 4.69) is 0 Å². The summed E-state index contributed by atoms with van der Waals surface area (Å²) in [5.74, 6) is 0.509. The first-order valence-corrected chi connectivity index (χ1v) is 5.55. The Hall–Kier alpha value is -0.770. The molecule has 0 radical (unpaired) electrons. The molecule has 0 aliphatic rings. The van der Waals surface area contributed by atoms with Crippen LogP contribution < -0.4 is 10.5 Å². The third-order valence-corrected chi connectivity index (χ3v) is 3.08. The predicted molar refractivity (Wildman–Crippen MR) is 66.1 cm³/mol. The lowest BCUT2D eigenvalue weighted by Gasteiger charge is -2.22. The molecule has 1 rings (SSSR count). The lowest BCUT2D eigenvalue weighted by Crippen LogP contribution is -2.25. The van der Waals surface area contributed by atoms with E-state index in [-0.39, 0.29) is 6.04 Å². The number of benzene rings is 1. The number of rotatable bonds is 3. The molecule has 3 nitrogen and oxygen atoms in total. The molecule has 0 saturated carbocycles. The molecule has 2 unspecified atom stereocenters. The van der Waals surface area contributed by atoms with Gasteiger partial charge in [-0.05, 0) is 38.0 Å². The van der Waals surface area contributed by atoms with Crippen molar-refractivity contribution in [1.29, 1.82) is 0 Å². The number of hydrogen-bond donors (Lipinski definition) is 2. The Morgan fingerprint density at radius 3 is 2.44 bits per heavy atom. The predicted octanol–water partition coefficient (Wildman–Crippen LogP) is 2.35. The normalized spacial score (nSPS) is 14.7. The molecule has 1 aromatic rings. The van der Waals surface area contributed by atoms with Crippen molar-refractivity contribution >= 4 is 11.6 Å². The Morgan fingerprint density at radius 2 is 2.00 bits per heavy atom. The average Bonchev–Trinajstić information content (AvgIpc) is 2.21. The summed E-state index contributed by atoms with van der Waals surface area (Å²) in [6, 6.07) is 1.46. The summed E-state index contributed by atoms with van der Waals surface area (Å²) in [5, 5.41) is 10.6. The Kier molecular flexibility index (Phi) is 4.19. The summed E-state index contributed by atoms with van der Waals surface area (Å²) < 4.78 is 5.24. The van der Waals surface area contributed by atoms with Crippen LogP contribution >= 0.6 is 11.6 Å². The number of methoxy groups -OCH3 is 1. The van der Waals surface area contributed by atoms with E-state index >= 15 is 0 Å². The Bertz CT molecular complexity index is 391. The lowest BCUT2D eigenvalue weighted by molar-refractivity contribution is 0.149. The van der Waals surface area contributed by atoms with Gasteiger partial charge in [0.2, 0.25) is 0 Å². The highest BCUT2D eigenvalue weighted by Gasteiger charge is 2.22. The highest BCUT2D eigenvalue weighted by Crippen LogP contribution is 2.37. The molecule has 0 bridgehead atoms. The van der Waals surface area contributed by atoms with Crippen LogP contribution in [-0.2, 0) is 0 Å². The fourth-order valence-electron chi connectivity index (χ4n) is 1.70. The standard InChI is InChI=1S/C12H18ClNO2/c1-6-5-9(13)12(16-4)10(7(6)2)11(15)8(3)14/h5,8,11,15H,14H2,1-4H3. The Morgan fingerprint density at radius 1 is 1.44 bits per heavy atom. The van der Waals surface area contributed by atoms with Crippen molar-refractivity contribution in [2.45, 2.75) is 32.9 Å². The largest absolute Gasteiger partial charge is 0.495 e. The number of ether oxygens (including phenoxy) is 1. The number of hydrogen-bond acceptors (Lipinski definition) is 3. The van der Waals surface area contributed by atoms with Crippen molar-refractivity contribution in [3.8, 4) is 5.75 Å². The number of nitrogens with two attached hydrogens (primary N) is 1.